The van der Waals surface area contributed by atoms with Crippen LogP contribution in [0, 0.1) is 0 Å². The minimum absolute atomic E-state index is 0.171. The van der Waals surface area contributed by atoms with Gasteiger partial charge in [0.2, 0.25) is 5.95 Å². The van der Waals surface area contributed by atoms with Crippen LogP contribution in [0.25, 0.3) is 5.65 Å². The van der Waals surface area contributed by atoms with E-state index in [4.69, 9.17) is 0 Å². The molecule has 1 aliphatic heterocycles. The molecule has 1 aliphatic rings. The molecule has 0 spiro atoms. The van der Waals surface area contributed by atoms with E-state index < -0.39 is 0 Å². The number of aromatic nitrogens is 4. The topological polar surface area (TPSA) is 78.3 Å². The van der Waals surface area contributed by atoms with Gasteiger partial charge in [0.05, 0.1) is 0 Å². The number of nitrogens with zero attached hydrogens (tertiary/aromatic N) is 4. The van der Waals surface area contributed by atoms with Crippen molar-refractivity contribution in [2.45, 2.75) is 45.6 Å². The molecule has 0 atom stereocenters. The summed E-state index contributed by atoms with van der Waals surface area (Å²) < 4.78 is 1.63. The number of hydrogen-bond acceptors (Lipinski definition) is 5. The Morgan fingerprint density at radius 2 is 1.96 bits per heavy atom. The maximum atomic E-state index is 11.8. The molecule has 0 bridgehead atoms. The monoisotopic (exact) mass is 380 g/mol. The number of aromatic amines is 1. The predicted octanol–water partition coefficient (Wildman–Crippen LogP) is 2.58. The van der Waals surface area contributed by atoms with Crippen LogP contribution < -0.4 is 10.9 Å². The lowest BCUT2D eigenvalue weighted by molar-refractivity contribution is 0.253. The highest BCUT2D eigenvalue weighted by Gasteiger charge is 2.20. The first-order valence-electron chi connectivity index (χ1n) is 9.93. The smallest absolute Gasteiger partial charge is 0.266 e. The highest BCUT2D eigenvalue weighted by molar-refractivity contribution is 5.44. The highest BCUT2D eigenvalue weighted by Crippen LogP contribution is 2.21. The molecule has 7 heteroatoms. The number of rotatable bonds is 5. The molecule has 3 aromatic rings. The summed E-state index contributed by atoms with van der Waals surface area (Å²) in [6.45, 7) is 10.2. The van der Waals surface area contributed by atoms with Gasteiger partial charge in [0, 0.05) is 37.7 Å². The third kappa shape index (κ3) is 3.94. The van der Waals surface area contributed by atoms with Gasteiger partial charge in [0.25, 0.3) is 5.56 Å². The number of H-pyrrole nitrogens is 1. The molecule has 0 amide bonds. The molecule has 0 aliphatic carbocycles. The Hall–Kier alpha value is -2.67. The first-order valence-corrected chi connectivity index (χ1v) is 9.93. The fourth-order valence-corrected chi connectivity index (χ4v) is 3.61. The van der Waals surface area contributed by atoms with E-state index >= 15 is 0 Å². The summed E-state index contributed by atoms with van der Waals surface area (Å²) in [6, 6.07) is 10.2. The molecule has 0 fully saturated rings. The summed E-state index contributed by atoms with van der Waals surface area (Å²) in [6.07, 6.45) is 2.12. The number of fused-ring (bicyclic) bond motifs is 2. The quantitative estimate of drug-likeness (QED) is 0.665. The Bertz CT molecular complexity index is 1030. The standard InChI is InChI=1S/C21H28N6O/c1-21(2,3)19-23-17-13-18(28)25-27(17)20(24-19)22-10-6-11-26-12-9-15-7-4-5-8-16(15)14-26/h4-5,7-8,13H,6,9-12,14H2,1-3H3,(H,25,28)(H,22,23,24). The van der Waals surface area contributed by atoms with Gasteiger partial charge in [-0.05, 0) is 24.0 Å². The van der Waals surface area contributed by atoms with Crippen LogP contribution in [0.4, 0.5) is 5.95 Å². The zero-order valence-corrected chi connectivity index (χ0v) is 16.8. The van der Waals surface area contributed by atoms with Crippen molar-refractivity contribution in [3.05, 3.63) is 57.6 Å². The van der Waals surface area contributed by atoms with E-state index in [2.05, 4.69) is 70.3 Å². The first-order chi connectivity index (χ1) is 13.4. The second-order valence-corrected chi connectivity index (χ2v) is 8.51. The van der Waals surface area contributed by atoms with E-state index in [0.717, 1.165) is 44.8 Å². The van der Waals surface area contributed by atoms with E-state index in [9.17, 15) is 4.79 Å². The van der Waals surface area contributed by atoms with Crippen molar-refractivity contribution in [3.63, 3.8) is 0 Å². The van der Waals surface area contributed by atoms with Crippen molar-refractivity contribution in [3.8, 4) is 0 Å². The molecule has 2 aromatic heterocycles. The Balaban J connectivity index is 1.40. The fraction of sp³-hybridized carbons (Fsp3) is 0.476. The Kier molecular flexibility index (Phi) is 4.93. The normalized spacial score (nSPS) is 15.0. The molecule has 4 rings (SSSR count). The number of benzene rings is 1. The van der Waals surface area contributed by atoms with Gasteiger partial charge < -0.3 is 5.32 Å². The van der Waals surface area contributed by atoms with Crippen molar-refractivity contribution < 1.29 is 0 Å². The van der Waals surface area contributed by atoms with Crippen LogP contribution in [-0.2, 0) is 18.4 Å². The SMILES string of the molecule is CC(C)(C)c1nc(NCCCN2CCc3ccccc3C2)n2[nH]c(=O)cc2n1. The van der Waals surface area contributed by atoms with Crippen LogP contribution in [0.1, 0.15) is 44.1 Å². The number of anilines is 1. The first kappa shape index (κ1) is 18.7. The maximum Gasteiger partial charge on any atom is 0.266 e. The molecule has 2 N–H and O–H groups in total. The molecule has 28 heavy (non-hydrogen) atoms. The maximum absolute atomic E-state index is 11.8. The second kappa shape index (κ2) is 7.39. The van der Waals surface area contributed by atoms with E-state index in [0.29, 0.717) is 11.6 Å². The third-order valence-corrected chi connectivity index (χ3v) is 5.17. The summed E-state index contributed by atoms with van der Waals surface area (Å²) in [7, 11) is 0. The zero-order valence-electron chi connectivity index (χ0n) is 16.8. The summed E-state index contributed by atoms with van der Waals surface area (Å²) >= 11 is 0. The van der Waals surface area contributed by atoms with Crippen LogP contribution >= 0.6 is 0 Å². The molecular weight excluding hydrogens is 352 g/mol. The average molecular weight is 380 g/mol. The second-order valence-electron chi connectivity index (χ2n) is 8.51. The highest BCUT2D eigenvalue weighted by atomic mass is 16.1. The Morgan fingerprint density at radius 1 is 1.18 bits per heavy atom. The molecule has 3 heterocycles. The van der Waals surface area contributed by atoms with Crippen molar-refractivity contribution in [1.29, 1.82) is 0 Å². The van der Waals surface area contributed by atoms with Crippen LogP contribution in [0.3, 0.4) is 0 Å². The van der Waals surface area contributed by atoms with E-state index in [1.54, 1.807) is 4.52 Å². The van der Waals surface area contributed by atoms with Gasteiger partial charge in [-0.1, -0.05) is 45.0 Å². The van der Waals surface area contributed by atoms with Crippen molar-refractivity contribution >= 4 is 11.6 Å². The molecule has 0 unspecified atom stereocenters. The van der Waals surface area contributed by atoms with Gasteiger partial charge in [-0.15, -0.1) is 0 Å². The molecule has 7 nitrogen and oxygen atoms in total. The van der Waals surface area contributed by atoms with Gasteiger partial charge in [-0.2, -0.15) is 4.98 Å². The minimum atomic E-state index is -0.188. The summed E-state index contributed by atoms with van der Waals surface area (Å²) in [5.74, 6) is 1.36. The molecule has 148 valence electrons. The molecule has 0 saturated heterocycles. The van der Waals surface area contributed by atoms with E-state index in [1.807, 2.05) is 0 Å². The lowest BCUT2D eigenvalue weighted by Gasteiger charge is -2.28. The van der Waals surface area contributed by atoms with Crippen molar-refractivity contribution in [1.82, 2.24) is 24.5 Å². The van der Waals surface area contributed by atoms with Gasteiger partial charge in [-0.3, -0.25) is 14.8 Å². The summed E-state index contributed by atoms with van der Waals surface area (Å²) in [4.78, 5) is 23.4. The Labute approximate surface area is 164 Å². The van der Waals surface area contributed by atoms with Crippen LogP contribution in [-0.4, -0.2) is 44.1 Å². The summed E-state index contributed by atoms with van der Waals surface area (Å²) in [5, 5.41) is 6.16. The zero-order chi connectivity index (χ0) is 19.7. The fourth-order valence-electron chi connectivity index (χ4n) is 3.61. The van der Waals surface area contributed by atoms with Crippen molar-refractivity contribution in [2.24, 2.45) is 0 Å². The summed E-state index contributed by atoms with van der Waals surface area (Å²) in [5.41, 5.74) is 3.16. The van der Waals surface area contributed by atoms with Gasteiger partial charge in [0.1, 0.15) is 5.82 Å². The Morgan fingerprint density at radius 3 is 2.75 bits per heavy atom. The van der Waals surface area contributed by atoms with Gasteiger partial charge in [-0.25, -0.2) is 9.50 Å². The molecule has 1 aromatic carbocycles. The van der Waals surface area contributed by atoms with Gasteiger partial charge in [0.15, 0.2) is 5.65 Å². The lowest BCUT2D eigenvalue weighted by Crippen LogP contribution is -2.32. The lowest BCUT2D eigenvalue weighted by atomic mass is 9.96. The van der Waals surface area contributed by atoms with Crippen molar-refractivity contribution in [2.75, 3.05) is 25.0 Å². The molecule has 0 radical (unpaired) electrons. The molecule has 0 saturated carbocycles. The third-order valence-electron chi connectivity index (χ3n) is 5.17. The van der Waals surface area contributed by atoms with Crippen LogP contribution in [0.2, 0.25) is 0 Å². The minimum Gasteiger partial charge on any atom is -0.354 e. The predicted molar refractivity (Wildman–Crippen MR) is 111 cm³/mol. The molecular formula is C21H28N6O. The van der Waals surface area contributed by atoms with E-state index in [-0.39, 0.29) is 11.0 Å². The van der Waals surface area contributed by atoms with Crippen LogP contribution in [0.15, 0.2) is 35.1 Å². The number of hydrogen-bond donors (Lipinski definition) is 2. The van der Waals surface area contributed by atoms with Gasteiger partial charge >= 0.3 is 0 Å². The largest absolute Gasteiger partial charge is 0.354 e. The number of nitrogens with one attached hydrogen (secondary N) is 2. The average Bonchev–Trinajstić information content (AvgIpc) is 3.04. The van der Waals surface area contributed by atoms with Crippen LogP contribution in [0.5, 0.6) is 0 Å². The van der Waals surface area contributed by atoms with E-state index in [1.165, 1.54) is 17.2 Å².